The van der Waals surface area contributed by atoms with Gasteiger partial charge in [0, 0.05) is 5.75 Å². The molecule has 0 radical (unpaired) electrons. The van der Waals surface area contributed by atoms with E-state index in [1.54, 1.807) is 6.26 Å². The van der Waals surface area contributed by atoms with Crippen LogP contribution in [-0.4, -0.2) is 34.4 Å². The zero-order valence-electron chi connectivity index (χ0n) is 9.40. The van der Waals surface area contributed by atoms with Crippen molar-refractivity contribution in [3.05, 3.63) is 12.0 Å². The maximum Gasteiger partial charge on any atom is 0.321 e. The van der Waals surface area contributed by atoms with E-state index < -0.39 is 12.0 Å². The maximum absolute atomic E-state index is 10.9. The third-order valence-electron chi connectivity index (χ3n) is 1.91. The fourth-order valence-electron chi connectivity index (χ4n) is 1.09. The number of aryl methyl sites for hydroxylation is 1. The number of thioether (sulfide) groups is 1. The van der Waals surface area contributed by atoms with Crippen molar-refractivity contribution in [2.75, 3.05) is 12.3 Å². The van der Waals surface area contributed by atoms with E-state index in [0.29, 0.717) is 17.5 Å². The molecule has 16 heavy (non-hydrogen) atoms. The Balaban J connectivity index is 2.40. The third-order valence-corrected chi connectivity index (χ3v) is 2.84. The van der Waals surface area contributed by atoms with Gasteiger partial charge in [0.15, 0.2) is 0 Å². The van der Waals surface area contributed by atoms with Crippen molar-refractivity contribution in [2.24, 2.45) is 0 Å². The summed E-state index contributed by atoms with van der Waals surface area (Å²) >= 11 is 1.31. The van der Waals surface area contributed by atoms with Crippen molar-refractivity contribution in [2.45, 2.75) is 31.5 Å². The summed E-state index contributed by atoms with van der Waals surface area (Å²) in [5, 5.41) is 12.4. The van der Waals surface area contributed by atoms with Crippen LogP contribution >= 0.6 is 11.8 Å². The molecule has 0 saturated heterocycles. The van der Waals surface area contributed by atoms with Gasteiger partial charge in [0.1, 0.15) is 12.3 Å². The van der Waals surface area contributed by atoms with Crippen LogP contribution in [0, 0.1) is 6.92 Å². The molecule has 0 saturated carbocycles. The molecule has 0 amide bonds. The first kappa shape index (κ1) is 13.1. The minimum Gasteiger partial charge on any atom is -0.480 e. The van der Waals surface area contributed by atoms with E-state index in [9.17, 15) is 4.79 Å². The minimum absolute atomic E-state index is 0.412. The number of aromatic nitrogens is 1. The average molecular weight is 244 g/mol. The van der Waals surface area contributed by atoms with E-state index in [4.69, 9.17) is 9.52 Å². The Morgan fingerprint density at radius 1 is 1.75 bits per heavy atom. The van der Waals surface area contributed by atoms with Crippen LogP contribution in [0.4, 0.5) is 0 Å². The molecule has 1 unspecified atom stereocenters. The van der Waals surface area contributed by atoms with E-state index in [0.717, 1.165) is 12.1 Å². The minimum atomic E-state index is -0.843. The zero-order valence-corrected chi connectivity index (χ0v) is 10.2. The lowest BCUT2D eigenvalue weighted by Crippen LogP contribution is -2.39. The summed E-state index contributed by atoms with van der Waals surface area (Å²) in [6, 6.07) is -0.558. The summed E-state index contributed by atoms with van der Waals surface area (Å²) < 4.78 is 5.13. The fraction of sp³-hybridized carbons (Fsp3) is 0.600. The highest BCUT2D eigenvalue weighted by molar-refractivity contribution is 7.99. The maximum atomic E-state index is 10.9. The monoisotopic (exact) mass is 244 g/mol. The van der Waals surface area contributed by atoms with Crippen LogP contribution in [0.5, 0.6) is 0 Å². The lowest BCUT2D eigenvalue weighted by Gasteiger charge is -2.11. The average Bonchev–Trinajstić information content (AvgIpc) is 2.64. The molecule has 0 fully saturated rings. The molecule has 0 aliphatic rings. The van der Waals surface area contributed by atoms with Gasteiger partial charge in [-0.2, -0.15) is 0 Å². The molecule has 1 atom stereocenters. The van der Waals surface area contributed by atoms with Gasteiger partial charge >= 0.3 is 5.97 Å². The van der Waals surface area contributed by atoms with E-state index in [1.807, 2.05) is 13.8 Å². The summed E-state index contributed by atoms with van der Waals surface area (Å²) in [6.07, 6.45) is 2.46. The first-order valence-electron chi connectivity index (χ1n) is 5.14. The summed E-state index contributed by atoms with van der Waals surface area (Å²) in [5.74, 6) is -0.431. The van der Waals surface area contributed by atoms with Gasteiger partial charge in [-0.25, -0.2) is 4.98 Å². The Bertz CT molecular complexity index is 341. The number of rotatable bonds is 7. The van der Waals surface area contributed by atoms with Crippen molar-refractivity contribution < 1.29 is 14.3 Å². The van der Waals surface area contributed by atoms with Gasteiger partial charge in [-0.3, -0.25) is 4.79 Å². The smallest absolute Gasteiger partial charge is 0.321 e. The van der Waals surface area contributed by atoms with Gasteiger partial charge in [0.05, 0.1) is 5.69 Å². The highest BCUT2D eigenvalue weighted by Crippen LogP contribution is 2.17. The van der Waals surface area contributed by atoms with Crippen molar-refractivity contribution in [3.8, 4) is 0 Å². The quantitative estimate of drug-likeness (QED) is 0.708. The second kappa shape index (κ2) is 6.55. The predicted molar refractivity (Wildman–Crippen MR) is 61.7 cm³/mol. The van der Waals surface area contributed by atoms with Crippen LogP contribution in [0.2, 0.25) is 0 Å². The highest BCUT2D eigenvalue weighted by Gasteiger charge is 2.17. The Morgan fingerprint density at radius 2 is 2.50 bits per heavy atom. The second-order valence-electron chi connectivity index (χ2n) is 3.41. The number of oxazole rings is 1. The number of aliphatic carboxylic acids is 1. The summed E-state index contributed by atoms with van der Waals surface area (Å²) in [6.45, 7) is 4.52. The van der Waals surface area contributed by atoms with Crippen molar-refractivity contribution in [1.82, 2.24) is 10.3 Å². The number of nitrogens with one attached hydrogen (secondary N) is 1. The summed E-state index contributed by atoms with van der Waals surface area (Å²) in [7, 11) is 0. The van der Waals surface area contributed by atoms with Crippen molar-refractivity contribution in [1.29, 1.82) is 0 Å². The predicted octanol–water partition coefficient (Wildman–Crippen LogP) is 1.53. The van der Waals surface area contributed by atoms with Gasteiger partial charge in [0.2, 0.25) is 0 Å². The second-order valence-corrected chi connectivity index (χ2v) is 4.38. The largest absolute Gasteiger partial charge is 0.480 e. The lowest BCUT2D eigenvalue weighted by atomic mass is 10.3. The number of carboxylic acid groups (broad SMARTS) is 1. The SMILES string of the molecule is CCCNC(CSc1nc(C)co1)C(=O)O. The molecule has 0 spiro atoms. The first-order valence-corrected chi connectivity index (χ1v) is 6.13. The third kappa shape index (κ3) is 4.24. The molecule has 5 nitrogen and oxygen atoms in total. The lowest BCUT2D eigenvalue weighted by molar-refractivity contribution is -0.138. The highest BCUT2D eigenvalue weighted by atomic mass is 32.2. The molecular weight excluding hydrogens is 228 g/mol. The number of carboxylic acids is 1. The molecule has 0 bridgehead atoms. The topological polar surface area (TPSA) is 75.4 Å². The normalized spacial score (nSPS) is 12.6. The van der Waals surface area contributed by atoms with Crippen LogP contribution in [0.3, 0.4) is 0 Å². The van der Waals surface area contributed by atoms with Crippen LogP contribution < -0.4 is 5.32 Å². The zero-order chi connectivity index (χ0) is 12.0. The molecule has 90 valence electrons. The van der Waals surface area contributed by atoms with Crippen LogP contribution in [-0.2, 0) is 4.79 Å². The summed E-state index contributed by atoms with van der Waals surface area (Å²) in [5.41, 5.74) is 0.802. The molecule has 1 aromatic heterocycles. The number of carbonyl (C=O) groups is 1. The van der Waals surface area contributed by atoms with Gasteiger partial charge in [-0.05, 0) is 19.9 Å². The molecule has 0 aromatic carbocycles. The van der Waals surface area contributed by atoms with Gasteiger partial charge in [-0.15, -0.1) is 0 Å². The Labute approximate surface area is 98.6 Å². The number of nitrogens with zero attached hydrogens (tertiary/aromatic N) is 1. The molecule has 1 aromatic rings. The Kier molecular flexibility index (Phi) is 5.34. The van der Waals surface area contributed by atoms with E-state index >= 15 is 0 Å². The van der Waals surface area contributed by atoms with Crippen LogP contribution in [0.1, 0.15) is 19.0 Å². The van der Waals surface area contributed by atoms with Gasteiger partial charge in [-0.1, -0.05) is 18.7 Å². The van der Waals surface area contributed by atoms with Gasteiger partial charge in [0.25, 0.3) is 5.22 Å². The van der Waals surface area contributed by atoms with Crippen molar-refractivity contribution in [3.63, 3.8) is 0 Å². The van der Waals surface area contributed by atoms with Crippen molar-refractivity contribution >= 4 is 17.7 Å². The van der Waals surface area contributed by atoms with Crippen LogP contribution in [0.25, 0.3) is 0 Å². The molecular formula is C10H16N2O3S. The summed E-state index contributed by atoms with van der Waals surface area (Å²) in [4.78, 5) is 15.0. The standard InChI is InChI=1S/C10H16N2O3S/c1-3-4-11-8(9(13)14)6-16-10-12-7(2)5-15-10/h5,8,11H,3-4,6H2,1-2H3,(H,13,14). The molecule has 0 aliphatic heterocycles. The first-order chi connectivity index (χ1) is 7.63. The Hall–Kier alpha value is -1.01. The van der Waals surface area contributed by atoms with Gasteiger partial charge < -0.3 is 14.8 Å². The number of hydrogen-bond donors (Lipinski definition) is 2. The van der Waals surface area contributed by atoms with E-state index in [1.165, 1.54) is 11.8 Å². The molecule has 2 N–H and O–H groups in total. The molecule has 6 heteroatoms. The molecule has 0 aliphatic carbocycles. The fourth-order valence-corrected chi connectivity index (χ4v) is 1.98. The van der Waals surface area contributed by atoms with E-state index in [-0.39, 0.29) is 0 Å². The number of hydrogen-bond acceptors (Lipinski definition) is 5. The Morgan fingerprint density at radius 3 is 3.00 bits per heavy atom. The molecule has 1 rings (SSSR count). The van der Waals surface area contributed by atoms with E-state index in [2.05, 4.69) is 10.3 Å². The molecule has 1 heterocycles. The van der Waals surface area contributed by atoms with Crippen LogP contribution in [0.15, 0.2) is 15.9 Å².